The van der Waals surface area contributed by atoms with Crippen molar-refractivity contribution in [2.75, 3.05) is 4.90 Å². The van der Waals surface area contributed by atoms with Gasteiger partial charge in [0.15, 0.2) is 0 Å². The summed E-state index contributed by atoms with van der Waals surface area (Å²) in [4.78, 5) is 2.28. The Bertz CT molecular complexity index is 996. The number of benzene rings is 3. The minimum absolute atomic E-state index is 1.07. The molecule has 0 bridgehead atoms. The molecule has 0 N–H and O–H groups in total. The van der Waals surface area contributed by atoms with Crippen LogP contribution in [0, 0.1) is 0 Å². The molecular weight excluding hydrogens is 328 g/mol. The normalized spacial score (nSPS) is 10.7. The van der Waals surface area contributed by atoms with Crippen LogP contribution in [0.5, 0.6) is 0 Å². The Kier molecular flexibility index (Phi) is 4.80. The van der Waals surface area contributed by atoms with Crippen LogP contribution in [0.25, 0.3) is 11.1 Å². The van der Waals surface area contributed by atoms with E-state index in [4.69, 9.17) is 0 Å². The molecule has 1 heterocycles. The van der Waals surface area contributed by atoms with Crippen LogP contribution in [0.2, 0.25) is 0 Å². The number of anilines is 3. The van der Waals surface area contributed by atoms with Crippen molar-refractivity contribution >= 4 is 17.2 Å². The first kappa shape index (κ1) is 17.2. The SMILES string of the molecule is CCc1ccc(-c2ccc(N(c3ccccc3)c3cccn3C)cc2)cc1. The summed E-state index contributed by atoms with van der Waals surface area (Å²) >= 11 is 0. The van der Waals surface area contributed by atoms with Gasteiger partial charge in [-0.15, -0.1) is 0 Å². The van der Waals surface area contributed by atoms with Gasteiger partial charge in [-0.05, 0) is 59.5 Å². The van der Waals surface area contributed by atoms with Gasteiger partial charge in [0.1, 0.15) is 5.82 Å². The van der Waals surface area contributed by atoms with Crippen molar-refractivity contribution < 1.29 is 0 Å². The van der Waals surface area contributed by atoms with E-state index in [-0.39, 0.29) is 0 Å². The molecule has 0 atom stereocenters. The van der Waals surface area contributed by atoms with E-state index in [2.05, 4.69) is 121 Å². The maximum absolute atomic E-state index is 2.28. The predicted octanol–water partition coefficient (Wildman–Crippen LogP) is 6.72. The van der Waals surface area contributed by atoms with Crippen LogP contribution >= 0.6 is 0 Å². The summed E-state index contributed by atoms with van der Waals surface area (Å²) in [6.07, 6.45) is 3.15. The van der Waals surface area contributed by atoms with Crippen LogP contribution < -0.4 is 4.90 Å². The molecule has 0 unspecified atom stereocenters. The fourth-order valence-corrected chi connectivity index (χ4v) is 3.41. The maximum Gasteiger partial charge on any atom is 0.117 e. The van der Waals surface area contributed by atoms with Gasteiger partial charge in [-0.3, -0.25) is 4.90 Å². The van der Waals surface area contributed by atoms with E-state index in [1.807, 2.05) is 0 Å². The monoisotopic (exact) mass is 352 g/mol. The molecule has 2 nitrogen and oxygen atoms in total. The first-order valence-electron chi connectivity index (χ1n) is 9.42. The molecule has 0 spiro atoms. The van der Waals surface area contributed by atoms with Crippen LogP contribution in [0.3, 0.4) is 0 Å². The third kappa shape index (κ3) is 3.52. The smallest absolute Gasteiger partial charge is 0.117 e. The first-order chi connectivity index (χ1) is 13.3. The molecule has 4 rings (SSSR count). The molecular formula is C25H24N2. The van der Waals surface area contributed by atoms with Gasteiger partial charge in [0.05, 0.1) is 0 Å². The molecule has 134 valence electrons. The van der Waals surface area contributed by atoms with Crippen molar-refractivity contribution in [3.8, 4) is 11.1 Å². The Morgan fingerprint density at radius 1 is 0.667 bits per heavy atom. The van der Waals surface area contributed by atoms with Crippen molar-refractivity contribution in [3.05, 3.63) is 103 Å². The topological polar surface area (TPSA) is 8.17 Å². The maximum atomic E-state index is 2.28. The fourth-order valence-electron chi connectivity index (χ4n) is 3.41. The van der Waals surface area contributed by atoms with Crippen molar-refractivity contribution in [2.24, 2.45) is 7.05 Å². The van der Waals surface area contributed by atoms with E-state index in [0.29, 0.717) is 0 Å². The highest BCUT2D eigenvalue weighted by Crippen LogP contribution is 2.35. The van der Waals surface area contributed by atoms with E-state index in [0.717, 1.165) is 23.6 Å². The Morgan fingerprint density at radius 3 is 1.81 bits per heavy atom. The average molecular weight is 352 g/mol. The number of rotatable bonds is 5. The molecule has 0 saturated carbocycles. The van der Waals surface area contributed by atoms with E-state index in [1.54, 1.807) is 0 Å². The number of hydrogen-bond acceptors (Lipinski definition) is 1. The quantitative estimate of drug-likeness (QED) is 0.387. The summed E-state index contributed by atoms with van der Waals surface area (Å²) in [5.74, 6) is 1.14. The van der Waals surface area contributed by atoms with E-state index < -0.39 is 0 Å². The highest BCUT2D eigenvalue weighted by atomic mass is 15.2. The Hall–Kier alpha value is -3.26. The number of hydrogen-bond donors (Lipinski definition) is 0. The molecule has 3 aromatic carbocycles. The van der Waals surface area contributed by atoms with Gasteiger partial charge >= 0.3 is 0 Å². The highest BCUT2D eigenvalue weighted by Gasteiger charge is 2.14. The summed E-state index contributed by atoms with van der Waals surface area (Å²) in [5, 5.41) is 0. The molecule has 0 aliphatic heterocycles. The molecule has 0 aliphatic carbocycles. The standard InChI is InChI=1S/C25H24N2/c1-3-20-11-13-21(14-12-20)22-15-17-24(18-16-22)27(23-8-5-4-6-9-23)25-10-7-19-26(25)2/h4-19H,3H2,1-2H3. The zero-order valence-corrected chi connectivity index (χ0v) is 15.8. The molecule has 2 heteroatoms. The lowest BCUT2D eigenvalue weighted by Crippen LogP contribution is -2.12. The van der Waals surface area contributed by atoms with Gasteiger partial charge < -0.3 is 4.57 Å². The molecule has 27 heavy (non-hydrogen) atoms. The molecule has 0 saturated heterocycles. The molecule has 0 amide bonds. The van der Waals surface area contributed by atoms with Crippen LogP contribution in [0.4, 0.5) is 17.2 Å². The predicted molar refractivity (Wildman–Crippen MR) is 115 cm³/mol. The van der Waals surface area contributed by atoms with Gasteiger partial charge in [0.25, 0.3) is 0 Å². The average Bonchev–Trinajstić information content (AvgIpc) is 3.15. The van der Waals surface area contributed by atoms with Crippen LogP contribution in [-0.4, -0.2) is 4.57 Å². The van der Waals surface area contributed by atoms with E-state index in [1.165, 1.54) is 16.7 Å². The third-order valence-corrected chi connectivity index (χ3v) is 4.98. The van der Waals surface area contributed by atoms with Crippen LogP contribution in [0.1, 0.15) is 12.5 Å². The van der Waals surface area contributed by atoms with Gasteiger partial charge in [-0.25, -0.2) is 0 Å². The molecule has 0 fully saturated rings. The summed E-state index contributed by atoms with van der Waals surface area (Å²) < 4.78 is 2.14. The second-order valence-corrected chi connectivity index (χ2v) is 6.75. The first-order valence-corrected chi connectivity index (χ1v) is 9.42. The van der Waals surface area contributed by atoms with Crippen LogP contribution in [0.15, 0.2) is 97.2 Å². The molecule has 4 aromatic rings. The Balaban J connectivity index is 1.72. The lowest BCUT2D eigenvalue weighted by atomic mass is 10.0. The van der Waals surface area contributed by atoms with Crippen molar-refractivity contribution in [3.63, 3.8) is 0 Å². The Labute approximate surface area is 161 Å². The minimum atomic E-state index is 1.07. The molecule has 0 aliphatic rings. The third-order valence-electron chi connectivity index (χ3n) is 4.98. The lowest BCUT2D eigenvalue weighted by molar-refractivity contribution is 0.913. The number of aryl methyl sites for hydroxylation is 2. The zero-order chi connectivity index (χ0) is 18.6. The number of aromatic nitrogens is 1. The van der Waals surface area contributed by atoms with Crippen LogP contribution in [-0.2, 0) is 13.5 Å². The lowest BCUT2D eigenvalue weighted by Gasteiger charge is -2.25. The highest BCUT2D eigenvalue weighted by molar-refractivity contribution is 5.77. The summed E-state index contributed by atoms with van der Waals surface area (Å²) in [6, 6.07) is 32.4. The minimum Gasteiger partial charge on any atom is -0.337 e. The zero-order valence-electron chi connectivity index (χ0n) is 15.8. The number of para-hydroxylation sites is 1. The van der Waals surface area contributed by atoms with Gasteiger partial charge in [0, 0.05) is 24.6 Å². The molecule has 0 radical (unpaired) electrons. The van der Waals surface area contributed by atoms with Crippen molar-refractivity contribution in [1.29, 1.82) is 0 Å². The largest absolute Gasteiger partial charge is 0.337 e. The summed E-state index contributed by atoms with van der Waals surface area (Å²) in [6.45, 7) is 2.19. The summed E-state index contributed by atoms with van der Waals surface area (Å²) in [5.41, 5.74) is 6.16. The van der Waals surface area contributed by atoms with Gasteiger partial charge in [0.2, 0.25) is 0 Å². The van der Waals surface area contributed by atoms with E-state index in [9.17, 15) is 0 Å². The van der Waals surface area contributed by atoms with E-state index >= 15 is 0 Å². The Morgan fingerprint density at radius 2 is 1.26 bits per heavy atom. The number of nitrogens with zero attached hydrogens (tertiary/aromatic N) is 2. The van der Waals surface area contributed by atoms with Gasteiger partial charge in [-0.1, -0.05) is 61.5 Å². The van der Waals surface area contributed by atoms with Crippen molar-refractivity contribution in [1.82, 2.24) is 4.57 Å². The summed E-state index contributed by atoms with van der Waals surface area (Å²) in [7, 11) is 2.08. The van der Waals surface area contributed by atoms with Gasteiger partial charge in [-0.2, -0.15) is 0 Å². The molecule has 1 aromatic heterocycles. The van der Waals surface area contributed by atoms with Crippen molar-refractivity contribution in [2.45, 2.75) is 13.3 Å². The fraction of sp³-hybridized carbons (Fsp3) is 0.120. The second-order valence-electron chi connectivity index (χ2n) is 6.75. The second kappa shape index (κ2) is 7.55.